The summed E-state index contributed by atoms with van der Waals surface area (Å²) in [7, 11) is 0. The molecule has 168 valence electrons. The smallest absolute Gasteiger partial charge is 0.407 e. The Balaban J connectivity index is 1.20. The maximum absolute atomic E-state index is 12.3. The number of carboxylic acids is 1. The topological polar surface area (TPSA) is 105 Å². The van der Waals surface area contributed by atoms with Gasteiger partial charge in [-0.2, -0.15) is 0 Å². The average molecular weight is 437 g/mol. The van der Waals surface area contributed by atoms with Gasteiger partial charge in [0, 0.05) is 24.9 Å². The number of benzene rings is 2. The lowest BCUT2D eigenvalue weighted by Crippen LogP contribution is -2.31. The summed E-state index contributed by atoms with van der Waals surface area (Å²) in [6.45, 7) is 2.61. The van der Waals surface area contributed by atoms with E-state index in [1.54, 1.807) is 6.92 Å². The Morgan fingerprint density at radius 1 is 1.03 bits per heavy atom. The Kier molecular flexibility index (Phi) is 6.44. The molecule has 2 aliphatic carbocycles. The van der Waals surface area contributed by atoms with Gasteiger partial charge in [0.05, 0.1) is 5.92 Å². The summed E-state index contributed by atoms with van der Waals surface area (Å²) in [6.07, 6.45) is 0.633. The molecule has 0 bridgehead atoms. The molecule has 3 atom stereocenters. The fraction of sp³-hybridized carbons (Fsp3) is 0.400. The van der Waals surface area contributed by atoms with Gasteiger partial charge in [0.1, 0.15) is 6.61 Å². The Bertz CT molecular complexity index is 975. The molecule has 0 aliphatic heterocycles. The summed E-state index contributed by atoms with van der Waals surface area (Å²) in [5.41, 5.74) is 4.69. The van der Waals surface area contributed by atoms with Gasteiger partial charge in [-0.3, -0.25) is 9.59 Å². The molecule has 2 amide bonds. The van der Waals surface area contributed by atoms with Crippen molar-refractivity contribution in [3.8, 4) is 11.1 Å². The molecule has 0 aromatic heterocycles. The van der Waals surface area contributed by atoms with Crippen LogP contribution >= 0.6 is 0 Å². The van der Waals surface area contributed by atoms with Crippen molar-refractivity contribution in [3.05, 3.63) is 59.7 Å². The molecule has 1 saturated carbocycles. The first-order valence-corrected chi connectivity index (χ1v) is 11.0. The second kappa shape index (κ2) is 9.42. The van der Waals surface area contributed by atoms with Gasteiger partial charge < -0.3 is 20.5 Å². The highest BCUT2D eigenvalue weighted by molar-refractivity contribution is 5.82. The number of fused-ring (bicyclic) bond motifs is 3. The van der Waals surface area contributed by atoms with Crippen LogP contribution < -0.4 is 10.6 Å². The first kappa shape index (κ1) is 21.9. The third-order valence-electron chi connectivity index (χ3n) is 6.41. The lowest BCUT2D eigenvalue weighted by atomic mass is 9.98. The fourth-order valence-corrected chi connectivity index (χ4v) is 4.32. The Morgan fingerprint density at radius 3 is 2.28 bits per heavy atom. The number of hydrogen-bond donors (Lipinski definition) is 3. The van der Waals surface area contributed by atoms with E-state index in [0.29, 0.717) is 25.9 Å². The Labute approximate surface area is 187 Å². The van der Waals surface area contributed by atoms with E-state index in [1.165, 1.54) is 11.1 Å². The molecule has 2 aromatic carbocycles. The molecular weight excluding hydrogens is 408 g/mol. The molecular formula is C25H28N2O5. The second-order valence-corrected chi connectivity index (χ2v) is 8.63. The Morgan fingerprint density at radius 2 is 1.66 bits per heavy atom. The van der Waals surface area contributed by atoms with Crippen molar-refractivity contribution >= 4 is 18.0 Å². The van der Waals surface area contributed by atoms with Crippen LogP contribution in [0.4, 0.5) is 4.79 Å². The van der Waals surface area contributed by atoms with E-state index >= 15 is 0 Å². The first-order valence-electron chi connectivity index (χ1n) is 11.0. The van der Waals surface area contributed by atoms with E-state index in [1.807, 2.05) is 24.3 Å². The lowest BCUT2D eigenvalue weighted by Gasteiger charge is -2.14. The number of aliphatic carboxylic acids is 1. The minimum atomic E-state index is -0.865. The Hall–Kier alpha value is -3.35. The van der Waals surface area contributed by atoms with Crippen LogP contribution in [0, 0.1) is 17.8 Å². The molecule has 3 N–H and O–H groups in total. The minimum Gasteiger partial charge on any atom is -0.481 e. The molecule has 0 radical (unpaired) electrons. The molecule has 7 heteroatoms. The summed E-state index contributed by atoms with van der Waals surface area (Å²) in [4.78, 5) is 35.2. The van der Waals surface area contributed by atoms with E-state index in [0.717, 1.165) is 11.1 Å². The summed E-state index contributed by atoms with van der Waals surface area (Å²) in [5, 5.41) is 14.4. The predicted molar refractivity (Wildman–Crippen MR) is 119 cm³/mol. The lowest BCUT2D eigenvalue weighted by molar-refractivity contribution is -0.141. The maximum Gasteiger partial charge on any atom is 0.407 e. The number of hydrogen-bond acceptors (Lipinski definition) is 4. The number of carboxylic acid groups (broad SMARTS) is 1. The van der Waals surface area contributed by atoms with Crippen molar-refractivity contribution in [1.82, 2.24) is 10.6 Å². The van der Waals surface area contributed by atoms with Crippen molar-refractivity contribution < 1.29 is 24.2 Å². The number of ether oxygens (including phenoxy) is 1. The molecule has 0 spiro atoms. The molecule has 32 heavy (non-hydrogen) atoms. The van der Waals surface area contributed by atoms with Crippen LogP contribution in [-0.4, -0.2) is 42.8 Å². The molecule has 2 aliphatic rings. The van der Waals surface area contributed by atoms with Crippen molar-refractivity contribution in [1.29, 1.82) is 0 Å². The number of nitrogens with one attached hydrogen (secondary N) is 2. The summed E-state index contributed by atoms with van der Waals surface area (Å²) in [5.74, 6) is -1.46. The monoisotopic (exact) mass is 436 g/mol. The van der Waals surface area contributed by atoms with Crippen molar-refractivity contribution in [2.75, 3.05) is 19.7 Å². The summed E-state index contributed by atoms with van der Waals surface area (Å²) >= 11 is 0. The minimum absolute atomic E-state index is 0.0146. The van der Waals surface area contributed by atoms with Crippen LogP contribution in [0.1, 0.15) is 36.8 Å². The maximum atomic E-state index is 12.3. The fourth-order valence-electron chi connectivity index (χ4n) is 4.32. The van der Waals surface area contributed by atoms with Crippen LogP contribution in [0.2, 0.25) is 0 Å². The third-order valence-corrected chi connectivity index (χ3v) is 6.41. The SMILES string of the molecule is CC(CCNC(=O)C1CC1CNC(=O)OCC1c2ccccc2-c2ccccc21)C(=O)O. The van der Waals surface area contributed by atoms with Crippen LogP contribution in [0.25, 0.3) is 11.1 Å². The molecule has 0 heterocycles. The van der Waals surface area contributed by atoms with E-state index in [9.17, 15) is 14.4 Å². The number of rotatable bonds is 9. The van der Waals surface area contributed by atoms with Gasteiger partial charge in [-0.05, 0) is 41.0 Å². The number of amides is 2. The van der Waals surface area contributed by atoms with Crippen molar-refractivity contribution in [2.24, 2.45) is 17.8 Å². The number of carbonyl (C=O) groups is 3. The zero-order valence-corrected chi connectivity index (χ0v) is 18.0. The van der Waals surface area contributed by atoms with E-state index < -0.39 is 18.0 Å². The largest absolute Gasteiger partial charge is 0.481 e. The standard InChI is InChI=1S/C25H28N2O5/c1-15(24(29)30)10-11-26-23(28)21-12-16(21)13-27-25(31)32-14-22-19-8-4-2-6-17(19)18-7-3-5-9-20(18)22/h2-9,15-16,21-22H,10-14H2,1H3,(H,26,28)(H,27,31)(H,29,30). The summed E-state index contributed by atoms with van der Waals surface area (Å²) in [6, 6.07) is 16.4. The van der Waals surface area contributed by atoms with E-state index in [-0.39, 0.29) is 30.3 Å². The highest BCUT2D eigenvalue weighted by atomic mass is 16.5. The predicted octanol–water partition coefficient (Wildman–Crippen LogP) is 3.39. The van der Waals surface area contributed by atoms with Gasteiger partial charge in [0.25, 0.3) is 0 Å². The zero-order chi connectivity index (χ0) is 22.7. The normalized spacial score (nSPS) is 19.4. The molecule has 4 rings (SSSR count). The van der Waals surface area contributed by atoms with E-state index in [4.69, 9.17) is 9.84 Å². The second-order valence-electron chi connectivity index (χ2n) is 8.63. The van der Waals surface area contributed by atoms with Gasteiger partial charge in [-0.15, -0.1) is 0 Å². The van der Waals surface area contributed by atoms with Crippen molar-refractivity contribution in [2.45, 2.75) is 25.7 Å². The van der Waals surface area contributed by atoms with Gasteiger partial charge >= 0.3 is 12.1 Å². The highest BCUT2D eigenvalue weighted by Crippen LogP contribution is 2.44. The first-order chi connectivity index (χ1) is 15.5. The molecule has 2 aromatic rings. The zero-order valence-electron chi connectivity index (χ0n) is 18.0. The number of carbonyl (C=O) groups excluding carboxylic acids is 2. The van der Waals surface area contributed by atoms with Crippen LogP contribution in [0.5, 0.6) is 0 Å². The van der Waals surface area contributed by atoms with Crippen LogP contribution in [-0.2, 0) is 14.3 Å². The highest BCUT2D eigenvalue weighted by Gasteiger charge is 2.42. The summed E-state index contributed by atoms with van der Waals surface area (Å²) < 4.78 is 5.52. The molecule has 0 saturated heterocycles. The molecule has 7 nitrogen and oxygen atoms in total. The van der Waals surface area contributed by atoms with Gasteiger partial charge in [-0.1, -0.05) is 55.5 Å². The van der Waals surface area contributed by atoms with Crippen molar-refractivity contribution in [3.63, 3.8) is 0 Å². The average Bonchev–Trinajstić information content (AvgIpc) is 3.51. The number of alkyl carbamates (subject to hydrolysis) is 1. The third kappa shape index (κ3) is 4.77. The quantitative estimate of drug-likeness (QED) is 0.559. The van der Waals surface area contributed by atoms with Gasteiger partial charge in [0.2, 0.25) is 5.91 Å². The van der Waals surface area contributed by atoms with Crippen LogP contribution in [0.15, 0.2) is 48.5 Å². The van der Waals surface area contributed by atoms with Crippen LogP contribution in [0.3, 0.4) is 0 Å². The van der Waals surface area contributed by atoms with E-state index in [2.05, 4.69) is 34.9 Å². The van der Waals surface area contributed by atoms with Gasteiger partial charge in [-0.25, -0.2) is 4.79 Å². The molecule has 1 fully saturated rings. The van der Waals surface area contributed by atoms with Gasteiger partial charge in [0.15, 0.2) is 0 Å². The molecule has 3 unspecified atom stereocenters.